The monoisotopic (exact) mass is 318 g/mol. The Balaban J connectivity index is 1.95. The zero-order valence-electron chi connectivity index (χ0n) is 13.2. The van der Waals surface area contributed by atoms with Crippen molar-refractivity contribution in [3.05, 3.63) is 52.2 Å². The van der Waals surface area contributed by atoms with Crippen molar-refractivity contribution >= 4 is 22.9 Å². The summed E-state index contributed by atoms with van der Waals surface area (Å²) < 4.78 is 0. The van der Waals surface area contributed by atoms with Gasteiger partial charge < -0.3 is 15.3 Å². The molecule has 1 aromatic carbocycles. The van der Waals surface area contributed by atoms with Crippen LogP contribution in [0.25, 0.3) is 0 Å². The van der Waals surface area contributed by atoms with Gasteiger partial charge in [0, 0.05) is 38.3 Å². The van der Waals surface area contributed by atoms with Crippen molar-refractivity contribution in [1.82, 2.24) is 5.32 Å². The summed E-state index contributed by atoms with van der Waals surface area (Å²) in [6, 6.07) is 9.40. The number of carbonyl (C=O) groups excluding carboxylic acids is 1. The summed E-state index contributed by atoms with van der Waals surface area (Å²) in [6.07, 6.45) is 0.522. The van der Waals surface area contributed by atoms with E-state index in [2.05, 4.69) is 5.32 Å². The molecule has 0 aliphatic carbocycles. The number of carbonyl (C=O) groups is 1. The van der Waals surface area contributed by atoms with Crippen molar-refractivity contribution in [3.8, 4) is 0 Å². The third-order valence-electron chi connectivity index (χ3n) is 3.42. The van der Waals surface area contributed by atoms with Gasteiger partial charge in [-0.15, -0.1) is 0 Å². The highest BCUT2D eigenvalue weighted by atomic mass is 32.1. The third-order valence-corrected chi connectivity index (χ3v) is 4.15. The van der Waals surface area contributed by atoms with Crippen LogP contribution in [-0.4, -0.2) is 37.3 Å². The van der Waals surface area contributed by atoms with E-state index in [4.69, 9.17) is 0 Å². The maximum atomic E-state index is 12.2. The molecule has 0 aliphatic heterocycles. The number of thiophene rings is 1. The number of anilines is 1. The standard InChI is InChI=1S/C17H22N2O2S/c1-17(21,10-13-7-8-22-11-13)12-18-16(20)14-5-4-6-15(9-14)19(2)3/h4-9,11,21H,10,12H2,1-3H3,(H,18,20). The van der Waals surface area contributed by atoms with Crippen LogP contribution in [0.2, 0.25) is 0 Å². The minimum Gasteiger partial charge on any atom is -0.388 e. The molecular weight excluding hydrogens is 296 g/mol. The number of rotatable bonds is 6. The Morgan fingerprint density at radius 3 is 2.77 bits per heavy atom. The van der Waals surface area contributed by atoms with Crippen molar-refractivity contribution < 1.29 is 9.90 Å². The molecule has 118 valence electrons. The quantitative estimate of drug-likeness (QED) is 0.860. The van der Waals surface area contributed by atoms with Crippen molar-refractivity contribution in [3.63, 3.8) is 0 Å². The molecule has 1 heterocycles. The van der Waals surface area contributed by atoms with E-state index in [0.717, 1.165) is 11.3 Å². The number of benzene rings is 1. The predicted octanol–water partition coefficient (Wildman–Crippen LogP) is 2.54. The molecule has 0 saturated heterocycles. The van der Waals surface area contributed by atoms with Gasteiger partial charge >= 0.3 is 0 Å². The molecule has 1 atom stereocenters. The number of nitrogens with zero attached hydrogens (tertiary/aromatic N) is 1. The van der Waals surface area contributed by atoms with E-state index in [1.54, 1.807) is 24.3 Å². The molecule has 2 aromatic rings. The van der Waals surface area contributed by atoms with E-state index in [9.17, 15) is 9.90 Å². The lowest BCUT2D eigenvalue weighted by Crippen LogP contribution is -2.42. The van der Waals surface area contributed by atoms with Crippen molar-refractivity contribution in [2.24, 2.45) is 0 Å². The molecule has 0 radical (unpaired) electrons. The van der Waals surface area contributed by atoms with Gasteiger partial charge in [0.1, 0.15) is 0 Å². The maximum Gasteiger partial charge on any atom is 0.251 e. The molecule has 0 spiro atoms. The predicted molar refractivity (Wildman–Crippen MR) is 91.7 cm³/mol. The first-order chi connectivity index (χ1) is 10.4. The highest BCUT2D eigenvalue weighted by Gasteiger charge is 2.22. The van der Waals surface area contributed by atoms with Crippen LogP contribution in [0.15, 0.2) is 41.1 Å². The summed E-state index contributed by atoms with van der Waals surface area (Å²) in [7, 11) is 3.87. The Morgan fingerprint density at radius 1 is 1.36 bits per heavy atom. The Bertz CT molecular complexity index is 621. The number of amides is 1. The molecule has 0 aliphatic rings. The number of hydrogen-bond donors (Lipinski definition) is 2. The zero-order chi connectivity index (χ0) is 16.2. The van der Waals surface area contributed by atoms with Crippen LogP contribution in [0.3, 0.4) is 0 Å². The van der Waals surface area contributed by atoms with Crippen LogP contribution in [0, 0.1) is 0 Å². The van der Waals surface area contributed by atoms with Gasteiger partial charge in [0.15, 0.2) is 0 Å². The Kier molecular flexibility index (Phi) is 5.21. The zero-order valence-corrected chi connectivity index (χ0v) is 14.0. The summed E-state index contributed by atoms with van der Waals surface area (Å²) in [4.78, 5) is 14.2. The first-order valence-electron chi connectivity index (χ1n) is 7.16. The first-order valence-corrected chi connectivity index (χ1v) is 8.11. The van der Waals surface area contributed by atoms with Crippen molar-refractivity contribution in [1.29, 1.82) is 0 Å². The van der Waals surface area contributed by atoms with Gasteiger partial charge in [0.25, 0.3) is 5.91 Å². The second kappa shape index (κ2) is 6.94. The molecule has 1 unspecified atom stereocenters. The van der Waals surface area contributed by atoms with E-state index < -0.39 is 5.60 Å². The highest BCUT2D eigenvalue weighted by Crippen LogP contribution is 2.16. The molecule has 5 heteroatoms. The molecule has 2 rings (SSSR count). The molecule has 0 saturated carbocycles. The molecular formula is C17H22N2O2S. The number of hydrogen-bond acceptors (Lipinski definition) is 4. The molecule has 2 N–H and O–H groups in total. The van der Waals surface area contributed by atoms with Gasteiger partial charge in [-0.25, -0.2) is 0 Å². The smallest absolute Gasteiger partial charge is 0.251 e. The van der Waals surface area contributed by atoms with E-state index >= 15 is 0 Å². The van der Waals surface area contributed by atoms with Crippen molar-refractivity contribution in [2.45, 2.75) is 18.9 Å². The topological polar surface area (TPSA) is 52.6 Å². The molecule has 22 heavy (non-hydrogen) atoms. The molecule has 1 amide bonds. The molecule has 0 bridgehead atoms. The lowest BCUT2D eigenvalue weighted by atomic mass is 9.98. The van der Waals surface area contributed by atoms with Crippen LogP contribution < -0.4 is 10.2 Å². The number of aliphatic hydroxyl groups is 1. The molecule has 1 aromatic heterocycles. The minimum atomic E-state index is -0.962. The average Bonchev–Trinajstić information content (AvgIpc) is 2.97. The normalized spacial score (nSPS) is 13.5. The van der Waals surface area contributed by atoms with Gasteiger partial charge in [0.05, 0.1) is 5.60 Å². The lowest BCUT2D eigenvalue weighted by molar-refractivity contribution is 0.0553. The SMILES string of the molecule is CN(C)c1cccc(C(=O)NCC(C)(O)Cc2ccsc2)c1. The Morgan fingerprint density at radius 2 is 2.14 bits per heavy atom. The minimum absolute atomic E-state index is 0.172. The van der Waals surface area contributed by atoms with Crippen LogP contribution in [-0.2, 0) is 6.42 Å². The molecule has 0 fully saturated rings. The van der Waals surface area contributed by atoms with Crippen LogP contribution in [0.4, 0.5) is 5.69 Å². The van der Waals surface area contributed by atoms with Crippen LogP contribution in [0.1, 0.15) is 22.8 Å². The fourth-order valence-corrected chi connectivity index (χ4v) is 2.86. The fraction of sp³-hybridized carbons (Fsp3) is 0.353. The summed E-state index contributed by atoms with van der Waals surface area (Å²) >= 11 is 1.60. The largest absolute Gasteiger partial charge is 0.388 e. The van der Waals surface area contributed by atoms with Gasteiger partial charge in [-0.2, -0.15) is 11.3 Å². The maximum absolute atomic E-state index is 12.2. The van der Waals surface area contributed by atoms with Crippen LogP contribution in [0.5, 0.6) is 0 Å². The van der Waals surface area contributed by atoms with Gasteiger partial charge in [-0.3, -0.25) is 4.79 Å². The average molecular weight is 318 g/mol. The van der Waals surface area contributed by atoms with Gasteiger partial charge in [0.2, 0.25) is 0 Å². The van der Waals surface area contributed by atoms with Crippen molar-refractivity contribution in [2.75, 3.05) is 25.5 Å². The Hall–Kier alpha value is -1.85. The summed E-state index contributed by atoms with van der Waals surface area (Å²) in [6.45, 7) is 1.95. The summed E-state index contributed by atoms with van der Waals surface area (Å²) in [5.74, 6) is -0.172. The Labute approximate surface area is 135 Å². The summed E-state index contributed by atoms with van der Waals surface area (Å²) in [5, 5.41) is 17.2. The fourth-order valence-electron chi connectivity index (χ4n) is 2.19. The second-order valence-corrected chi connectivity index (χ2v) is 6.71. The van der Waals surface area contributed by atoms with Gasteiger partial charge in [-0.05, 0) is 47.5 Å². The van der Waals surface area contributed by atoms with Gasteiger partial charge in [-0.1, -0.05) is 6.07 Å². The lowest BCUT2D eigenvalue weighted by Gasteiger charge is -2.23. The second-order valence-electron chi connectivity index (χ2n) is 5.93. The third kappa shape index (κ3) is 4.58. The van der Waals surface area contributed by atoms with Crippen LogP contribution >= 0.6 is 11.3 Å². The van der Waals surface area contributed by atoms with E-state index in [0.29, 0.717) is 12.0 Å². The number of nitrogens with one attached hydrogen (secondary N) is 1. The van der Waals surface area contributed by atoms with E-state index in [-0.39, 0.29) is 12.5 Å². The summed E-state index contributed by atoms with van der Waals surface area (Å²) in [5.41, 5.74) is 1.68. The van der Waals surface area contributed by atoms with E-state index in [1.807, 2.05) is 54.0 Å². The molecule has 4 nitrogen and oxygen atoms in total. The highest BCUT2D eigenvalue weighted by molar-refractivity contribution is 7.07. The first kappa shape index (κ1) is 16.5. The van der Waals surface area contributed by atoms with E-state index in [1.165, 1.54) is 0 Å².